The van der Waals surface area contributed by atoms with E-state index in [1.807, 2.05) is 12.1 Å². The minimum Gasteiger partial charge on any atom is -0.491 e. The van der Waals surface area contributed by atoms with Crippen molar-refractivity contribution in [3.63, 3.8) is 0 Å². The number of hydrogen-bond donors (Lipinski definition) is 1. The summed E-state index contributed by atoms with van der Waals surface area (Å²) in [5.41, 5.74) is 1.26. The van der Waals surface area contributed by atoms with Crippen LogP contribution in [0.5, 0.6) is 5.75 Å². The number of benzene rings is 1. The summed E-state index contributed by atoms with van der Waals surface area (Å²) in [6.07, 6.45) is 0. The molecule has 0 radical (unpaired) electrons. The van der Waals surface area contributed by atoms with Crippen LogP contribution in [0.3, 0.4) is 0 Å². The highest BCUT2D eigenvalue weighted by molar-refractivity contribution is 9.10. The van der Waals surface area contributed by atoms with Crippen molar-refractivity contribution in [3.05, 3.63) is 50.6 Å². The van der Waals surface area contributed by atoms with Crippen molar-refractivity contribution < 1.29 is 4.74 Å². The molecular weight excluding hydrogens is 310 g/mol. The van der Waals surface area contributed by atoms with Crippen LogP contribution in [0.2, 0.25) is 0 Å². The molecule has 0 spiro atoms. The molecule has 1 aliphatic rings. The zero-order chi connectivity index (χ0) is 12.5. The second-order valence-electron chi connectivity index (χ2n) is 4.46. The molecule has 4 heteroatoms. The molecule has 2 aromatic rings. The quantitative estimate of drug-likeness (QED) is 0.909. The Morgan fingerprint density at radius 1 is 1.44 bits per heavy atom. The van der Waals surface area contributed by atoms with Gasteiger partial charge in [-0.05, 0) is 35.0 Å². The van der Waals surface area contributed by atoms with Crippen molar-refractivity contribution in [3.8, 4) is 5.75 Å². The first-order valence-electron chi connectivity index (χ1n) is 5.96. The first kappa shape index (κ1) is 12.2. The largest absolute Gasteiger partial charge is 0.491 e. The first-order chi connectivity index (χ1) is 8.74. The van der Waals surface area contributed by atoms with Crippen LogP contribution in [0.25, 0.3) is 0 Å². The van der Waals surface area contributed by atoms with Crippen LogP contribution < -0.4 is 10.1 Å². The van der Waals surface area contributed by atoms with Gasteiger partial charge in [0.2, 0.25) is 0 Å². The normalized spacial score (nSPS) is 19.3. The summed E-state index contributed by atoms with van der Waals surface area (Å²) in [7, 11) is 0. The van der Waals surface area contributed by atoms with E-state index < -0.39 is 0 Å². The molecule has 0 saturated carbocycles. The third-order valence-corrected chi connectivity index (χ3v) is 5.04. The number of fused-ring (bicyclic) bond motifs is 1. The van der Waals surface area contributed by atoms with Gasteiger partial charge in [0.1, 0.15) is 12.4 Å². The molecule has 0 aliphatic carbocycles. The second kappa shape index (κ2) is 5.03. The number of para-hydroxylation sites is 1. The fourth-order valence-electron chi connectivity index (χ4n) is 2.24. The lowest BCUT2D eigenvalue weighted by atomic mass is 10.1. The lowest BCUT2D eigenvalue weighted by Gasteiger charge is -2.17. The van der Waals surface area contributed by atoms with Gasteiger partial charge in [0, 0.05) is 26.3 Å². The molecule has 2 heterocycles. The second-order valence-corrected chi connectivity index (χ2v) is 6.32. The van der Waals surface area contributed by atoms with Crippen molar-refractivity contribution in [2.75, 3.05) is 6.61 Å². The Labute approximate surface area is 119 Å². The molecule has 0 saturated heterocycles. The highest BCUT2D eigenvalue weighted by atomic mass is 79.9. The Hall–Kier alpha value is -0.840. The minimum absolute atomic E-state index is 0.289. The Kier molecular flexibility index (Phi) is 3.41. The van der Waals surface area contributed by atoms with Crippen molar-refractivity contribution in [1.82, 2.24) is 5.32 Å². The molecule has 2 unspecified atom stereocenters. The summed E-state index contributed by atoms with van der Waals surface area (Å²) in [4.78, 5) is 1.34. The van der Waals surface area contributed by atoms with E-state index in [1.165, 1.54) is 10.4 Å². The third kappa shape index (κ3) is 2.32. The van der Waals surface area contributed by atoms with Crippen molar-refractivity contribution in [1.29, 1.82) is 0 Å². The van der Waals surface area contributed by atoms with Gasteiger partial charge < -0.3 is 4.74 Å². The molecule has 1 aliphatic heterocycles. The molecule has 94 valence electrons. The van der Waals surface area contributed by atoms with E-state index in [0.29, 0.717) is 6.04 Å². The Bertz CT molecular complexity index is 554. The number of thiophene rings is 1. The molecule has 0 amide bonds. The van der Waals surface area contributed by atoms with Gasteiger partial charge >= 0.3 is 0 Å². The predicted octanol–water partition coefficient (Wildman–Crippen LogP) is 4.29. The number of rotatable bonds is 3. The molecule has 2 nitrogen and oxygen atoms in total. The van der Waals surface area contributed by atoms with Crippen LogP contribution in [0.4, 0.5) is 0 Å². The first-order valence-corrected chi connectivity index (χ1v) is 7.63. The van der Waals surface area contributed by atoms with Crippen LogP contribution in [0.15, 0.2) is 40.2 Å². The van der Waals surface area contributed by atoms with Gasteiger partial charge in [-0.25, -0.2) is 0 Å². The zero-order valence-corrected chi connectivity index (χ0v) is 12.4. The molecule has 1 aromatic heterocycles. The third-order valence-electron chi connectivity index (χ3n) is 3.17. The summed E-state index contributed by atoms with van der Waals surface area (Å²) in [6, 6.07) is 11.0. The maximum absolute atomic E-state index is 5.68. The van der Waals surface area contributed by atoms with Crippen molar-refractivity contribution in [2.24, 2.45) is 0 Å². The fourth-order valence-corrected chi connectivity index (χ4v) is 3.70. The Morgan fingerprint density at radius 3 is 3.06 bits per heavy atom. The highest BCUT2D eigenvalue weighted by Crippen LogP contribution is 2.34. The average molecular weight is 324 g/mol. The lowest BCUT2D eigenvalue weighted by molar-refractivity contribution is 0.301. The molecule has 0 bridgehead atoms. The van der Waals surface area contributed by atoms with Crippen molar-refractivity contribution in [2.45, 2.75) is 19.0 Å². The van der Waals surface area contributed by atoms with Crippen LogP contribution in [-0.4, -0.2) is 6.61 Å². The minimum atomic E-state index is 0.289. The van der Waals surface area contributed by atoms with E-state index in [1.54, 1.807) is 11.3 Å². The van der Waals surface area contributed by atoms with E-state index in [9.17, 15) is 0 Å². The van der Waals surface area contributed by atoms with E-state index in [4.69, 9.17) is 4.74 Å². The van der Waals surface area contributed by atoms with Gasteiger partial charge in [-0.1, -0.05) is 18.2 Å². The van der Waals surface area contributed by atoms with Gasteiger partial charge in [0.25, 0.3) is 0 Å². The maximum atomic E-state index is 5.68. The van der Waals surface area contributed by atoms with Crippen LogP contribution in [0, 0.1) is 0 Å². The van der Waals surface area contributed by atoms with Crippen LogP contribution in [0.1, 0.15) is 29.4 Å². The molecular formula is C14H14BrNOS. The fraction of sp³-hybridized carbons (Fsp3) is 0.286. The average Bonchev–Trinajstić information content (AvgIpc) is 2.97. The summed E-state index contributed by atoms with van der Waals surface area (Å²) < 4.78 is 6.84. The van der Waals surface area contributed by atoms with Crippen LogP contribution >= 0.6 is 27.3 Å². The van der Waals surface area contributed by atoms with Gasteiger partial charge in [-0.2, -0.15) is 0 Å². The lowest BCUT2D eigenvalue weighted by Crippen LogP contribution is -2.25. The van der Waals surface area contributed by atoms with Crippen LogP contribution in [-0.2, 0) is 0 Å². The molecule has 18 heavy (non-hydrogen) atoms. The molecule has 3 rings (SSSR count). The summed E-state index contributed by atoms with van der Waals surface area (Å²) in [5.74, 6) is 1.01. The Balaban J connectivity index is 1.75. The predicted molar refractivity (Wildman–Crippen MR) is 78.2 cm³/mol. The SMILES string of the molecule is CC(NC1COc2ccccc21)c1cc(Br)cs1. The van der Waals surface area contributed by atoms with Gasteiger partial charge in [0.05, 0.1) is 6.04 Å². The van der Waals surface area contributed by atoms with Crippen molar-refractivity contribution >= 4 is 27.3 Å². The van der Waals surface area contributed by atoms with E-state index >= 15 is 0 Å². The topological polar surface area (TPSA) is 21.3 Å². The Morgan fingerprint density at radius 2 is 2.28 bits per heavy atom. The molecule has 1 N–H and O–H groups in total. The highest BCUT2D eigenvalue weighted by Gasteiger charge is 2.25. The number of ether oxygens (including phenoxy) is 1. The smallest absolute Gasteiger partial charge is 0.124 e. The molecule has 2 atom stereocenters. The zero-order valence-electron chi connectivity index (χ0n) is 10.0. The van der Waals surface area contributed by atoms with E-state index in [0.717, 1.165) is 16.8 Å². The summed E-state index contributed by atoms with van der Waals surface area (Å²) in [5, 5.41) is 5.75. The molecule has 0 fully saturated rings. The van der Waals surface area contributed by atoms with E-state index in [-0.39, 0.29) is 6.04 Å². The molecule has 1 aromatic carbocycles. The standard InChI is InChI=1S/C14H14BrNOS/c1-9(14-6-10(15)8-18-14)16-12-7-17-13-5-3-2-4-11(12)13/h2-6,8-9,12,16H,7H2,1H3. The summed E-state index contributed by atoms with van der Waals surface area (Å²) >= 11 is 5.27. The van der Waals surface area contributed by atoms with Gasteiger partial charge in [-0.15, -0.1) is 11.3 Å². The number of halogens is 1. The number of nitrogens with one attached hydrogen (secondary N) is 1. The van der Waals surface area contributed by atoms with Gasteiger partial charge in [0.15, 0.2) is 0 Å². The monoisotopic (exact) mass is 323 g/mol. The summed E-state index contributed by atoms with van der Waals surface area (Å²) in [6.45, 7) is 2.91. The van der Waals surface area contributed by atoms with Gasteiger partial charge in [-0.3, -0.25) is 5.32 Å². The van der Waals surface area contributed by atoms with E-state index in [2.05, 4.69) is 51.7 Å². The number of hydrogen-bond acceptors (Lipinski definition) is 3. The maximum Gasteiger partial charge on any atom is 0.124 e.